The zero-order chi connectivity index (χ0) is 22.8. The Hall–Kier alpha value is -2.54. The minimum Gasteiger partial charge on any atom is -0.462 e. The number of furan rings is 1. The zero-order valence-corrected chi connectivity index (χ0v) is 20.8. The molecule has 0 spiro atoms. The summed E-state index contributed by atoms with van der Waals surface area (Å²) in [5.74, 6) is 2.00. The first kappa shape index (κ1) is 21.3. The van der Waals surface area contributed by atoms with Crippen molar-refractivity contribution in [2.24, 2.45) is 0 Å². The molecule has 166 valence electrons. The molecule has 0 saturated carbocycles. The van der Waals surface area contributed by atoms with Crippen LogP contribution < -0.4 is 0 Å². The summed E-state index contributed by atoms with van der Waals surface area (Å²) in [6, 6.07) is 14.0. The van der Waals surface area contributed by atoms with Crippen LogP contribution in [0.15, 0.2) is 40.8 Å². The minimum absolute atomic E-state index is 0.115. The SMILES string of the molecule is Cc1ccc(C2=Cc3c(cc4c(c3-c3cc(C(C)(C)C)cc(C(C)(C)C)c3)CCC4)C2)o1. The van der Waals surface area contributed by atoms with Crippen LogP contribution in [0.1, 0.15) is 92.9 Å². The summed E-state index contributed by atoms with van der Waals surface area (Å²) < 4.78 is 6.00. The van der Waals surface area contributed by atoms with Crippen LogP contribution in [0.5, 0.6) is 0 Å². The Kier molecular flexibility index (Phi) is 4.82. The van der Waals surface area contributed by atoms with Gasteiger partial charge in [0.15, 0.2) is 0 Å². The monoisotopic (exact) mass is 424 g/mol. The van der Waals surface area contributed by atoms with E-state index in [2.05, 4.69) is 84.0 Å². The normalized spacial score (nSPS) is 15.7. The Morgan fingerprint density at radius 2 is 1.47 bits per heavy atom. The average molecular weight is 425 g/mol. The molecule has 32 heavy (non-hydrogen) atoms. The number of hydrogen-bond donors (Lipinski definition) is 0. The van der Waals surface area contributed by atoms with E-state index >= 15 is 0 Å². The number of fused-ring (bicyclic) bond motifs is 2. The van der Waals surface area contributed by atoms with E-state index < -0.39 is 0 Å². The number of hydrogen-bond acceptors (Lipinski definition) is 1. The lowest BCUT2D eigenvalue weighted by atomic mass is 9.77. The van der Waals surface area contributed by atoms with E-state index in [-0.39, 0.29) is 10.8 Å². The van der Waals surface area contributed by atoms with Crippen molar-refractivity contribution in [1.82, 2.24) is 0 Å². The molecule has 2 aliphatic rings. The third kappa shape index (κ3) is 3.66. The highest BCUT2D eigenvalue weighted by molar-refractivity contribution is 5.94. The van der Waals surface area contributed by atoms with Gasteiger partial charge in [0.1, 0.15) is 11.5 Å². The first-order valence-corrected chi connectivity index (χ1v) is 12.1. The van der Waals surface area contributed by atoms with Gasteiger partial charge >= 0.3 is 0 Å². The van der Waals surface area contributed by atoms with Crippen molar-refractivity contribution >= 4 is 11.6 Å². The summed E-state index contributed by atoms with van der Waals surface area (Å²) in [5, 5.41) is 0. The molecule has 1 heterocycles. The van der Waals surface area contributed by atoms with E-state index in [9.17, 15) is 0 Å². The Bertz CT molecular complexity index is 1200. The van der Waals surface area contributed by atoms with Crippen molar-refractivity contribution in [3.05, 3.63) is 81.3 Å². The van der Waals surface area contributed by atoms with Crippen LogP contribution in [-0.4, -0.2) is 0 Å². The van der Waals surface area contributed by atoms with Gasteiger partial charge in [0.05, 0.1) is 0 Å². The summed E-state index contributed by atoms with van der Waals surface area (Å²) in [4.78, 5) is 0. The van der Waals surface area contributed by atoms with Crippen LogP contribution in [0.4, 0.5) is 0 Å². The van der Waals surface area contributed by atoms with Gasteiger partial charge in [0.2, 0.25) is 0 Å². The summed E-state index contributed by atoms with van der Waals surface area (Å²) in [5.41, 5.74) is 13.3. The average Bonchev–Trinajstić information content (AvgIpc) is 3.43. The van der Waals surface area contributed by atoms with Crippen LogP contribution in [0.3, 0.4) is 0 Å². The van der Waals surface area contributed by atoms with Gasteiger partial charge in [0, 0.05) is 6.42 Å². The van der Waals surface area contributed by atoms with E-state index in [1.807, 2.05) is 6.92 Å². The van der Waals surface area contributed by atoms with Crippen LogP contribution in [0.2, 0.25) is 0 Å². The van der Waals surface area contributed by atoms with Crippen molar-refractivity contribution < 1.29 is 4.42 Å². The molecule has 0 bridgehead atoms. The molecule has 0 fully saturated rings. The van der Waals surface area contributed by atoms with Crippen LogP contribution in [-0.2, 0) is 30.1 Å². The van der Waals surface area contributed by atoms with Crippen molar-refractivity contribution in [2.45, 2.75) is 85.0 Å². The smallest absolute Gasteiger partial charge is 0.130 e. The molecule has 2 aromatic carbocycles. The van der Waals surface area contributed by atoms with Crippen LogP contribution in [0.25, 0.3) is 22.8 Å². The molecule has 0 atom stereocenters. The lowest BCUT2D eigenvalue weighted by Gasteiger charge is -2.27. The molecule has 0 saturated heterocycles. The molecule has 0 unspecified atom stereocenters. The number of rotatable bonds is 2. The molecule has 1 nitrogen and oxygen atoms in total. The maximum Gasteiger partial charge on any atom is 0.130 e. The van der Waals surface area contributed by atoms with E-state index in [0.29, 0.717) is 0 Å². The number of allylic oxidation sites excluding steroid dienone is 1. The van der Waals surface area contributed by atoms with E-state index in [0.717, 1.165) is 17.9 Å². The van der Waals surface area contributed by atoms with Gasteiger partial charge in [-0.25, -0.2) is 0 Å². The molecule has 0 radical (unpaired) electrons. The second-order valence-electron chi connectivity index (χ2n) is 11.9. The summed E-state index contributed by atoms with van der Waals surface area (Å²) in [6.45, 7) is 16.0. The number of aryl methyl sites for hydroxylation is 2. The lowest BCUT2D eigenvalue weighted by Crippen LogP contribution is -2.16. The Balaban J connectivity index is 1.76. The van der Waals surface area contributed by atoms with Crippen molar-refractivity contribution in [3.8, 4) is 11.1 Å². The quantitative estimate of drug-likeness (QED) is 0.402. The fourth-order valence-electron chi connectivity index (χ4n) is 5.30. The molecular weight excluding hydrogens is 388 g/mol. The first-order chi connectivity index (χ1) is 15.0. The summed E-state index contributed by atoms with van der Waals surface area (Å²) >= 11 is 0. The minimum atomic E-state index is 0.115. The van der Waals surface area contributed by atoms with E-state index in [4.69, 9.17) is 4.42 Å². The van der Waals surface area contributed by atoms with Crippen molar-refractivity contribution in [2.75, 3.05) is 0 Å². The maximum atomic E-state index is 6.00. The van der Waals surface area contributed by atoms with Gasteiger partial charge in [-0.15, -0.1) is 0 Å². The zero-order valence-electron chi connectivity index (χ0n) is 20.8. The summed E-state index contributed by atoms with van der Waals surface area (Å²) in [6.07, 6.45) is 7.03. The van der Waals surface area contributed by atoms with Gasteiger partial charge < -0.3 is 4.42 Å². The Labute approximate surface area is 193 Å². The van der Waals surface area contributed by atoms with Gasteiger partial charge in [-0.05, 0) is 105 Å². The van der Waals surface area contributed by atoms with Crippen molar-refractivity contribution in [3.63, 3.8) is 0 Å². The topological polar surface area (TPSA) is 13.1 Å². The van der Waals surface area contributed by atoms with Crippen LogP contribution in [0, 0.1) is 6.92 Å². The molecule has 2 aliphatic carbocycles. The highest BCUT2D eigenvalue weighted by Crippen LogP contribution is 2.45. The van der Waals surface area contributed by atoms with E-state index in [1.54, 1.807) is 11.1 Å². The molecule has 3 aromatic rings. The second-order valence-corrected chi connectivity index (χ2v) is 11.9. The second kappa shape index (κ2) is 7.24. The molecule has 0 amide bonds. The van der Waals surface area contributed by atoms with E-state index in [1.165, 1.54) is 58.2 Å². The molecule has 5 rings (SSSR count). The van der Waals surface area contributed by atoms with Gasteiger partial charge in [-0.2, -0.15) is 0 Å². The lowest BCUT2D eigenvalue weighted by molar-refractivity contribution is 0.521. The van der Waals surface area contributed by atoms with Gasteiger partial charge in [-0.3, -0.25) is 0 Å². The van der Waals surface area contributed by atoms with Gasteiger partial charge in [-0.1, -0.05) is 65.8 Å². The largest absolute Gasteiger partial charge is 0.462 e. The van der Waals surface area contributed by atoms with Crippen molar-refractivity contribution in [1.29, 1.82) is 0 Å². The molecule has 0 N–H and O–H groups in total. The fraction of sp³-hybridized carbons (Fsp3) is 0.419. The van der Waals surface area contributed by atoms with Gasteiger partial charge in [0.25, 0.3) is 0 Å². The predicted octanol–water partition coefficient (Wildman–Crippen LogP) is 8.44. The molecular formula is C31H36O. The standard InChI is InChI=1S/C31H36O/c1-19-11-12-28(32-19)22-14-21-13-20-9-8-10-26(20)29(27(21)17-22)23-15-24(30(2,3)4)18-25(16-23)31(5,6)7/h11-13,15-18H,8-10,14H2,1-7H3. The first-order valence-electron chi connectivity index (χ1n) is 12.1. The highest BCUT2D eigenvalue weighted by Gasteiger charge is 2.28. The molecule has 1 heteroatoms. The number of benzene rings is 2. The Morgan fingerprint density at radius 3 is 2.06 bits per heavy atom. The summed E-state index contributed by atoms with van der Waals surface area (Å²) in [7, 11) is 0. The highest BCUT2D eigenvalue weighted by atomic mass is 16.3. The third-order valence-corrected chi connectivity index (χ3v) is 7.24. The third-order valence-electron chi connectivity index (χ3n) is 7.24. The Morgan fingerprint density at radius 1 is 0.781 bits per heavy atom. The molecule has 0 aliphatic heterocycles. The molecule has 1 aromatic heterocycles. The van der Waals surface area contributed by atoms with Crippen LogP contribution >= 0.6 is 0 Å². The predicted molar refractivity (Wildman–Crippen MR) is 136 cm³/mol. The fourth-order valence-corrected chi connectivity index (χ4v) is 5.30. The maximum absolute atomic E-state index is 6.00.